The van der Waals surface area contributed by atoms with E-state index >= 15 is 0 Å². The smallest absolute Gasteiger partial charge is 0.399 e. The molecule has 0 saturated carbocycles. The molecule has 1 saturated heterocycles. The first-order chi connectivity index (χ1) is 22.0. The summed E-state index contributed by atoms with van der Waals surface area (Å²) in [6.07, 6.45) is -8.93. The highest BCUT2D eigenvalue weighted by Gasteiger charge is 2.51. The molecule has 6 aromatic rings. The van der Waals surface area contributed by atoms with Crippen molar-refractivity contribution in [1.82, 2.24) is 0 Å². The van der Waals surface area contributed by atoms with Crippen LogP contribution in [-0.4, -0.2) is 18.3 Å². The summed E-state index contributed by atoms with van der Waals surface area (Å²) in [6.45, 7) is 7.87. The SMILES string of the molecule is CC1(C)OB(c2ccc3c(-c4ccc(C(F)(F)F)cc4)cc4c5ccccc5c(-c5ccc(C(F)(F)F)cc5)cc4c3c2)OC1(C)C. The number of rotatable bonds is 3. The van der Waals surface area contributed by atoms with E-state index in [-0.39, 0.29) is 0 Å². The summed E-state index contributed by atoms with van der Waals surface area (Å²) in [4.78, 5) is 0. The van der Waals surface area contributed by atoms with Crippen LogP contribution < -0.4 is 5.46 Å². The van der Waals surface area contributed by atoms with E-state index in [1.807, 2.05) is 82.3 Å². The summed E-state index contributed by atoms with van der Waals surface area (Å²) in [5.74, 6) is 0. The zero-order valence-corrected chi connectivity index (χ0v) is 26.0. The van der Waals surface area contributed by atoms with Crippen LogP contribution >= 0.6 is 0 Å². The first-order valence-electron chi connectivity index (χ1n) is 15.2. The van der Waals surface area contributed by atoms with Gasteiger partial charge in [-0.25, -0.2) is 0 Å². The Labute approximate surface area is 268 Å². The van der Waals surface area contributed by atoms with Crippen molar-refractivity contribution in [2.24, 2.45) is 0 Å². The summed E-state index contributed by atoms with van der Waals surface area (Å²) in [6, 6.07) is 27.6. The molecular weight excluding hydrogens is 613 g/mol. The third kappa shape index (κ3) is 5.35. The van der Waals surface area contributed by atoms with Crippen LogP contribution in [0.5, 0.6) is 0 Å². The number of hydrogen-bond acceptors (Lipinski definition) is 2. The standard InChI is InChI=1S/C38H29BF6O2/c1-35(2)36(3,4)47-39(46-35)26-17-18-29-31(23-11-15-25(16-12-23)38(43,44)45)20-33-28-8-6-5-7-27(28)30(21-34(33)32(29)19-26)22-9-13-24(14-10-22)37(40,41)42/h5-21H,1-4H3. The van der Waals surface area contributed by atoms with Gasteiger partial charge in [0.05, 0.1) is 22.3 Å². The summed E-state index contributed by atoms with van der Waals surface area (Å²) in [5, 5.41) is 4.98. The van der Waals surface area contributed by atoms with Crippen LogP contribution in [0.1, 0.15) is 38.8 Å². The van der Waals surface area contributed by atoms with Crippen LogP contribution in [0.3, 0.4) is 0 Å². The van der Waals surface area contributed by atoms with Crippen molar-refractivity contribution in [1.29, 1.82) is 0 Å². The van der Waals surface area contributed by atoms with Crippen molar-refractivity contribution in [2.45, 2.75) is 51.2 Å². The highest BCUT2D eigenvalue weighted by Crippen LogP contribution is 2.43. The van der Waals surface area contributed by atoms with Crippen molar-refractivity contribution in [3.63, 3.8) is 0 Å². The molecule has 2 nitrogen and oxygen atoms in total. The molecule has 0 spiro atoms. The van der Waals surface area contributed by atoms with Gasteiger partial charge >= 0.3 is 19.5 Å². The van der Waals surface area contributed by atoms with Crippen molar-refractivity contribution < 1.29 is 35.7 Å². The highest BCUT2D eigenvalue weighted by molar-refractivity contribution is 6.62. The van der Waals surface area contributed by atoms with Gasteiger partial charge in [-0.2, -0.15) is 26.3 Å². The molecule has 0 aromatic heterocycles. The summed E-state index contributed by atoms with van der Waals surface area (Å²) in [5.41, 5.74) is 0.881. The largest absolute Gasteiger partial charge is 0.494 e. The maximum Gasteiger partial charge on any atom is 0.494 e. The Hall–Kier alpha value is -4.34. The van der Waals surface area contributed by atoms with Gasteiger partial charge in [-0.05, 0) is 124 Å². The zero-order chi connectivity index (χ0) is 33.5. The fraction of sp³-hybridized carbons (Fsp3) is 0.211. The van der Waals surface area contributed by atoms with Gasteiger partial charge < -0.3 is 9.31 Å². The van der Waals surface area contributed by atoms with Gasteiger partial charge in [0.1, 0.15) is 0 Å². The monoisotopic (exact) mass is 642 g/mol. The second-order valence-electron chi connectivity index (χ2n) is 13.0. The van der Waals surface area contributed by atoms with Crippen LogP contribution in [0.4, 0.5) is 26.3 Å². The minimum atomic E-state index is -4.47. The third-order valence-corrected chi connectivity index (χ3v) is 9.57. The van der Waals surface area contributed by atoms with Gasteiger partial charge in [-0.15, -0.1) is 0 Å². The molecule has 0 bridgehead atoms. The Morgan fingerprint density at radius 2 is 0.872 bits per heavy atom. The van der Waals surface area contributed by atoms with Crippen LogP contribution in [0.15, 0.2) is 103 Å². The molecule has 0 aliphatic carbocycles. The van der Waals surface area contributed by atoms with E-state index in [9.17, 15) is 26.3 Å². The average molecular weight is 642 g/mol. The Kier molecular flexibility index (Phi) is 7.05. The Balaban J connectivity index is 1.52. The molecular formula is C38H29BF6O2. The molecule has 0 amide bonds. The lowest BCUT2D eigenvalue weighted by Crippen LogP contribution is -2.41. The van der Waals surface area contributed by atoms with Gasteiger partial charge in [0.25, 0.3) is 0 Å². The van der Waals surface area contributed by atoms with E-state index in [4.69, 9.17) is 9.31 Å². The van der Waals surface area contributed by atoms with Crippen LogP contribution in [0.25, 0.3) is 54.6 Å². The van der Waals surface area contributed by atoms with E-state index in [0.29, 0.717) is 11.1 Å². The highest BCUT2D eigenvalue weighted by atomic mass is 19.4. The molecule has 0 atom stereocenters. The first-order valence-corrected chi connectivity index (χ1v) is 15.2. The van der Waals surface area contributed by atoms with Gasteiger partial charge in [0.15, 0.2) is 0 Å². The molecule has 7 rings (SSSR count). The Morgan fingerprint density at radius 3 is 1.34 bits per heavy atom. The minimum absolute atomic E-state index is 0.581. The van der Waals surface area contributed by atoms with Crippen molar-refractivity contribution in [3.8, 4) is 22.3 Å². The van der Waals surface area contributed by atoms with E-state index in [1.165, 1.54) is 24.3 Å². The van der Waals surface area contributed by atoms with Gasteiger partial charge in [-0.3, -0.25) is 0 Å². The second kappa shape index (κ2) is 10.6. The molecule has 9 heteroatoms. The molecule has 1 aliphatic rings. The minimum Gasteiger partial charge on any atom is -0.399 e. The average Bonchev–Trinajstić information content (AvgIpc) is 3.25. The Bertz CT molecular complexity index is 2150. The molecule has 47 heavy (non-hydrogen) atoms. The van der Waals surface area contributed by atoms with Gasteiger partial charge in [-0.1, -0.05) is 66.7 Å². The summed E-state index contributed by atoms with van der Waals surface area (Å²) >= 11 is 0. The number of hydrogen-bond donors (Lipinski definition) is 0. The summed E-state index contributed by atoms with van der Waals surface area (Å²) < 4.78 is 93.2. The molecule has 0 N–H and O–H groups in total. The third-order valence-electron chi connectivity index (χ3n) is 9.57. The lowest BCUT2D eigenvalue weighted by atomic mass is 9.77. The zero-order valence-electron chi connectivity index (χ0n) is 26.0. The van der Waals surface area contributed by atoms with E-state index in [1.54, 1.807) is 0 Å². The lowest BCUT2D eigenvalue weighted by molar-refractivity contribution is -0.138. The Morgan fingerprint density at radius 1 is 0.468 bits per heavy atom. The summed E-state index contributed by atoms with van der Waals surface area (Å²) in [7, 11) is -0.663. The van der Waals surface area contributed by atoms with Gasteiger partial charge in [0, 0.05) is 0 Å². The number of alkyl halides is 6. The molecule has 1 aliphatic heterocycles. The molecule has 1 heterocycles. The van der Waals surface area contributed by atoms with Crippen molar-refractivity contribution >= 4 is 44.9 Å². The maximum atomic E-state index is 13.4. The lowest BCUT2D eigenvalue weighted by Gasteiger charge is -2.32. The molecule has 1 fully saturated rings. The predicted molar refractivity (Wildman–Crippen MR) is 176 cm³/mol. The molecule has 238 valence electrons. The molecule has 6 aromatic carbocycles. The second-order valence-corrected chi connectivity index (χ2v) is 13.0. The van der Waals surface area contributed by atoms with Crippen molar-refractivity contribution in [3.05, 3.63) is 114 Å². The number of benzene rings is 6. The maximum absolute atomic E-state index is 13.4. The van der Waals surface area contributed by atoms with Crippen LogP contribution in [-0.2, 0) is 21.7 Å². The molecule has 0 radical (unpaired) electrons. The first kappa shape index (κ1) is 31.3. The van der Waals surface area contributed by atoms with Crippen molar-refractivity contribution in [2.75, 3.05) is 0 Å². The van der Waals surface area contributed by atoms with Gasteiger partial charge in [0.2, 0.25) is 0 Å². The number of halogens is 6. The van der Waals surface area contributed by atoms with E-state index in [0.717, 1.165) is 73.2 Å². The fourth-order valence-electron chi connectivity index (χ4n) is 6.30. The van der Waals surface area contributed by atoms with E-state index in [2.05, 4.69) is 0 Å². The fourth-order valence-corrected chi connectivity index (χ4v) is 6.30. The topological polar surface area (TPSA) is 18.5 Å². The quantitative estimate of drug-likeness (QED) is 0.109. The van der Waals surface area contributed by atoms with Crippen LogP contribution in [0, 0.1) is 0 Å². The predicted octanol–water partition coefficient (Wildman–Crippen LogP) is 10.8. The number of fused-ring (bicyclic) bond motifs is 5. The van der Waals surface area contributed by atoms with Crippen LogP contribution in [0.2, 0.25) is 0 Å². The van der Waals surface area contributed by atoms with E-state index < -0.39 is 41.8 Å². The normalized spacial score (nSPS) is 16.4. The molecule has 0 unspecified atom stereocenters.